The minimum absolute atomic E-state index is 0.143. The second-order valence-corrected chi connectivity index (χ2v) is 4.69. The number of carbonyl (C=O) groups is 1. The Morgan fingerprint density at radius 1 is 1.11 bits per heavy atom. The SMILES string of the molecule is O=C(Nc1ccc(NC2CC2)cc1)c1cccnc1. The quantitative estimate of drug-likeness (QED) is 0.880. The number of nitrogens with zero attached hydrogens (tertiary/aromatic N) is 1. The molecule has 2 N–H and O–H groups in total. The van der Waals surface area contributed by atoms with Gasteiger partial charge in [-0.3, -0.25) is 9.78 Å². The summed E-state index contributed by atoms with van der Waals surface area (Å²) >= 11 is 0. The molecule has 1 aliphatic carbocycles. The van der Waals surface area contributed by atoms with Crippen molar-refractivity contribution in [2.75, 3.05) is 10.6 Å². The molecule has 1 heterocycles. The Balaban J connectivity index is 1.64. The van der Waals surface area contributed by atoms with Gasteiger partial charge in [0.05, 0.1) is 5.56 Å². The van der Waals surface area contributed by atoms with E-state index < -0.39 is 0 Å². The van der Waals surface area contributed by atoms with Crippen LogP contribution in [0.3, 0.4) is 0 Å². The minimum Gasteiger partial charge on any atom is -0.382 e. The number of hydrogen-bond donors (Lipinski definition) is 2. The van der Waals surface area contributed by atoms with Crippen molar-refractivity contribution < 1.29 is 4.79 Å². The summed E-state index contributed by atoms with van der Waals surface area (Å²) in [5.74, 6) is -0.143. The lowest BCUT2D eigenvalue weighted by Crippen LogP contribution is -2.12. The van der Waals surface area contributed by atoms with E-state index in [4.69, 9.17) is 0 Å². The molecule has 0 saturated heterocycles. The van der Waals surface area contributed by atoms with Crippen LogP contribution in [0.1, 0.15) is 23.2 Å². The first kappa shape index (κ1) is 11.7. The molecule has 0 spiro atoms. The van der Waals surface area contributed by atoms with Crippen LogP contribution >= 0.6 is 0 Å². The monoisotopic (exact) mass is 253 g/mol. The van der Waals surface area contributed by atoms with E-state index in [9.17, 15) is 4.79 Å². The third-order valence-electron chi connectivity index (χ3n) is 3.01. The minimum atomic E-state index is -0.143. The predicted molar refractivity (Wildman–Crippen MR) is 75.3 cm³/mol. The van der Waals surface area contributed by atoms with Crippen molar-refractivity contribution in [3.05, 3.63) is 54.4 Å². The lowest BCUT2D eigenvalue weighted by molar-refractivity contribution is 0.102. The Labute approximate surface area is 111 Å². The van der Waals surface area contributed by atoms with Gasteiger partial charge in [0.2, 0.25) is 0 Å². The van der Waals surface area contributed by atoms with Gasteiger partial charge in [0, 0.05) is 29.8 Å². The number of benzene rings is 1. The van der Waals surface area contributed by atoms with Gasteiger partial charge in [-0.15, -0.1) is 0 Å². The van der Waals surface area contributed by atoms with Crippen LogP contribution in [0, 0.1) is 0 Å². The zero-order valence-corrected chi connectivity index (χ0v) is 10.5. The Kier molecular flexibility index (Phi) is 3.14. The van der Waals surface area contributed by atoms with Gasteiger partial charge in [-0.25, -0.2) is 0 Å². The van der Waals surface area contributed by atoms with Gasteiger partial charge in [-0.2, -0.15) is 0 Å². The number of aromatic nitrogens is 1. The highest BCUT2D eigenvalue weighted by Crippen LogP contribution is 2.25. The molecule has 1 amide bonds. The highest BCUT2D eigenvalue weighted by atomic mass is 16.1. The van der Waals surface area contributed by atoms with E-state index in [0.29, 0.717) is 11.6 Å². The van der Waals surface area contributed by atoms with Crippen LogP contribution in [0.4, 0.5) is 11.4 Å². The average molecular weight is 253 g/mol. The van der Waals surface area contributed by atoms with Crippen molar-refractivity contribution in [3.8, 4) is 0 Å². The Hall–Kier alpha value is -2.36. The Morgan fingerprint density at radius 3 is 2.47 bits per heavy atom. The van der Waals surface area contributed by atoms with E-state index in [1.165, 1.54) is 12.8 Å². The molecule has 1 aromatic carbocycles. The molecule has 1 aliphatic rings. The molecule has 2 aromatic rings. The molecular formula is C15H15N3O. The third-order valence-corrected chi connectivity index (χ3v) is 3.01. The normalized spacial score (nSPS) is 13.9. The molecule has 0 bridgehead atoms. The summed E-state index contributed by atoms with van der Waals surface area (Å²) < 4.78 is 0. The van der Waals surface area contributed by atoms with Crippen molar-refractivity contribution in [1.82, 2.24) is 4.98 Å². The molecule has 1 saturated carbocycles. The molecule has 19 heavy (non-hydrogen) atoms. The zero-order valence-electron chi connectivity index (χ0n) is 10.5. The molecule has 1 fully saturated rings. The van der Waals surface area contributed by atoms with Crippen molar-refractivity contribution in [1.29, 1.82) is 0 Å². The predicted octanol–water partition coefficient (Wildman–Crippen LogP) is 2.91. The van der Waals surface area contributed by atoms with Crippen LogP contribution in [0.15, 0.2) is 48.8 Å². The van der Waals surface area contributed by atoms with E-state index in [1.54, 1.807) is 24.5 Å². The number of hydrogen-bond acceptors (Lipinski definition) is 3. The van der Waals surface area contributed by atoms with E-state index in [2.05, 4.69) is 15.6 Å². The highest BCUT2D eigenvalue weighted by Gasteiger charge is 2.20. The summed E-state index contributed by atoms with van der Waals surface area (Å²) in [6, 6.07) is 11.9. The smallest absolute Gasteiger partial charge is 0.257 e. The fourth-order valence-corrected chi connectivity index (χ4v) is 1.81. The molecule has 0 aliphatic heterocycles. The summed E-state index contributed by atoms with van der Waals surface area (Å²) in [6.45, 7) is 0. The maximum atomic E-state index is 11.9. The van der Waals surface area contributed by atoms with Crippen LogP contribution in [-0.2, 0) is 0 Å². The molecule has 4 nitrogen and oxygen atoms in total. The standard InChI is InChI=1S/C15H15N3O/c19-15(11-2-1-9-16-10-11)18-14-7-5-13(6-8-14)17-12-3-4-12/h1-2,5-10,12,17H,3-4H2,(H,18,19). The third kappa shape index (κ3) is 3.10. The Bertz CT molecular complexity index is 562. The molecular weight excluding hydrogens is 238 g/mol. The molecule has 0 atom stereocenters. The molecule has 4 heteroatoms. The van der Waals surface area contributed by atoms with E-state index in [0.717, 1.165) is 11.4 Å². The number of pyridine rings is 1. The van der Waals surface area contributed by atoms with Gasteiger partial charge >= 0.3 is 0 Å². The van der Waals surface area contributed by atoms with Crippen LogP contribution < -0.4 is 10.6 Å². The summed E-state index contributed by atoms with van der Waals surface area (Å²) in [7, 11) is 0. The lowest BCUT2D eigenvalue weighted by atomic mass is 10.2. The fraction of sp³-hybridized carbons (Fsp3) is 0.200. The highest BCUT2D eigenvalue weighted by molar-refractivity contribution is 6.04. The molecule has 0 radical (unpaired) electrons. The lowest BCUT2D eigenvalue weighted by Gasteiger charge is -2.07. The first-order chi connectivity index (χ1) is 9.31. The number of nitrogens with one attached hydrogen (secondary N) is 2. The van der Waals surface area contributed by atoms with Crippen molar-refractivity contribution >= 4 is 17.3 Å². The molecule has 1 aromatic heterocycles. The van der Waals surface area contributed by atoms with Gasteiger partial charge in [-0.05, 0) is 49.2 Å². The van der Waals surface area contributed by atoms with Crippen LogP contribution in [0.5, 0.6) is 0 Å². The maximum Gasteiger partial charge on any atom is 0.257 e. The first-order valence-electron chi connectivity index (χ1n) is 6.39. The first-order valence-corrected chi connectivity index (χ1v) is 6.39. The van der Waals surface area contributed by atoms with E-state index >= 15 is 0 Å². The fourth-order valence-electron chi connectivity index (χ4n) is 1.81. The van der Waals surface area contributed by atoms with Crippen LogP contribution in [0.2, 0.25) is 0 Å². The maximum absolute atomic E-state index is 11.9. The van der Waals surface area contributed by atoms with Gasteiger partial charge in [0.1, 0.15) is 0 Å². The molecule has 0 unspecified atom stereocenters. The zero-order chi connectivity index (χ0) is 13.1. The van der Waals surface area contributed by atoms with Gasteiger partial charge < -0.3 is 10.6 Å². The van der Waals surface area contributed by atoms with Gasteiger partial charge in [-0.1, -0.05) is 0 Å². The number of amides is 1. The topological polar surface area (TPSA) is 54.0 Å². The van der Waals surface area contributed by atoms with Crippen molar-refractivity contribution in [3.63, 3.8) is 0 Å². The van der Waals surface area contributed by atoms with Crippen LogP contribution in [-0.4, -0.2) is 16.9 Å². The second-order valence-electron chi connectivity index (χ2n) is 4.69. The van der Waals surface area contributed by atoms with E-state index in [1.807, 2.05) is 24.3 Å². The average Bonchev–Trinajstić information content (AvgIpc) is 3.26. The number of anilines is 2. The van der Waals surface area contributed by atoms with Gasteiger partial charge in [0.15, 0.2) is 0 Å². The summed E-state index contributed by atoms with van der Waals surface area (Å²) in [4.78, 5) is 15.9. The number of rotatable bonds is 4. The largest absolute Gasteiger partial charge is 0.382 e. The summed E-state index contributed by atoms with van der Waals surface area (Å²) in [6.07, 6.45) is 5.70. The Morgan fingerprint density at radius 2 is 1.84 bits per heavy atom. The summed E-state index contributed by atoms with van der Waals surface area (Å²) in [5.41, 5.74) is 2.44. The van der Waals surface area contributed by atoms with Crippen molar-refractivity contribution in [2.45, 2.75) is 18.9 Å². The summed E-state index contributed by atoms with van der Waals surface area (Å²) in [5, 5.41) is 6.25. The second kappa shape index (κ2) is 5.10. The molecule has 3 rings (SSSR count). The van der Waals surface area contributed by atoms with E-state index in [-0.39, 0.29) is 5.91 Å². The molecule has 96 valence electrons. The van der Waals surface area contributed by atoms with Crippen molar-refractivity contribution in [2.24, 2.45) is 0 Å². The van der Waals surface area contributed by atoms with Gasteiger partial charge in [0.25, 0.3) is 5.91 Å². The van der Waals surface area contributed by atoms with Crippen LogP contribution in [0.25, 0.3) is 0 Å². The number of carbonyl (C=O) groups excluding carboxylic acids is 1.